The molecule has 1 N–H and O–H groups in total. The molecule has 0 radical (unpaired) electrons. The number of esters is 1. The van der Waals surface area contributed by atoms with Gasteiger partial charge in [-0.15, -0.1) is 0 Å². The number of likely N-dealkylation sites (N-methyl/N-ethyl adjacent to an activating group) is 1. The maximum Gasteiger partial charge on any atom is 0.338 e. The largest absolute Gasteiger partial charge is 0.463 e. The maximum absolute atomic E-state index is 13.2. The van der Waals surface area contributed by atoms with E-state index in [1.54, 1.807) is 38.2 Å². The fourth-order valence-electron chi connectivity index (χ4n) is 5.02. The zero-order valence-corrected chi connectivity index (χ0v) is 22.4. The fraction of sp³-hybridized carbons (Fsp3) is 0.393. The van der Waals surface area contributed by atoms with E-state index in [0.717, 1.165) is 11.1 Å². The molecule has 2 unspecified atom stereocenters. The lowest BCUT2D eigenvalue weighted by Gasteiger charge is -2.42. The van der Waals surface area contributed by atoms with E-state index < -0.39 is 12.0 Å². The molecule has 2 aromatic carbocycles. The van der Waals surface area contributed by atoms with Crippen molar-refractivity contribution in [1.29, 1.82) is 0 Å². The SMILES string of the molecule is CCOC(=O)C1=C(CN2CCN(C(=O)c3ccccc3Cl)C(C)C2)N(C)C(=O)NC1c1ccccc1C. The van der Waals surface area contributed by atoms with Crippen LogP contribution in [0.5, 0.6) is 0 Å². The topological polar surface area (TPSA) is 82.2 Å². The second kappa shape index (κ2) is 11.4. The number of carbonyl (C=O) groups is 3. The molecule has 37 heavy (non-hydrogen) atoms. The van der Waals surface area contributed by atoms with E-state index in [1.165, 1.54) is 4.90 Å². The Morgan fingerprint density at radius 1 is 1.11 bits per heavy atom. The molecular weight excluding hydrogens is 492 g/mol. The van der Waals surface area contributed by atoms with Crippen molar-refractivity contribution >= 4 is 29.5 Å². The van der Waals surface area contributed by atoms with Crippen molar-refractivity contribution in [3.63, 3.8) is 0 Å². The van der Waals surface area contributed by atoms with E-state index in [1.807, 2.05) is 43.0 Å². The summed E-state index contributed by atoms with van der Waals surface area (Å²) in [6.07, 6.45) is 0. The molecule has 0 bridgehead atoms. The van der Waals surface area contributed by atoms with Crippen LogP contribution in [0.4, 0.5) is 4.79 Å². The summed E-state index contributed by atoms with van der Waals surface area (Å²) in [4.78, 5) is 44.9. The second-order valence-electron chi connectivity index (χ2n) is 9.44. The van der Waals surface area contributed by atoms with Gasteiger partial charge in [-0.05, 0) is 44.0 Å². The van der Waals surface area contributed by atoms with Gasteiger partial charge in [0.05, 0.1) is 28.8 Å². The van der Waals surface area contributed by atoms with Gasteiger partial charge in [-0.25, -0.2) is 9.59 Å². The highest BCUT2D eigenvalue weighted by Gasteiger charge is 2.39. The molecule has 4 rings (SSSR count). The minimum Gasteiger partial charge on any atom is -0.463 e. The van der Waals surface area contributed by atoms with Crippen molar-refractivity contribution in [3.8, 4) is 0 Å². The molecule has 3 amide bonds. The van der Waals surface area contributed by atoms with Crippen LogP contribution in [-0.2, 0) is 9.53 Å². The molecule has 0 spiro atoms. The van der Waals surface area contributed by atoms with Crippen molar-refractivity contribution < 1.29 is 19.1 Å². The van der Waals surface area contributed by atoms with E-state index in [-0.39, 0.29) is 24.6 Å². The summed E-state index contributed by atoms with van der Waals surface area (Å²) < 4.78 is 5.45. The number of carbonyl (C=O) groups excluding carboxylic acids is 3. The second-order valence-corrected chi connectivity index (χ2v) is 9.85. The monoisotopic (exact) mass is 524 g/mol. The van der Waals surface area contributed by atoms with Crippen molar-refractivity contribution in [3.05, 3.63) is 81.5 Å². The quantitative estimate of drug-likeness (QED) is 0.577. The van der Waals surface area contributed by atoms with Gasteiger partial charge in [-0.1, -0.05) is 48.0 Å². The number of ether oxygens (including phenoxy) is 1. The molecule has 2 atom stereocenters. The number of nitrogens with one attached hydrogen (secondary N) is 1. The summed E-state index contributed by atoms with van der Waals surface area (Å²) in [5, 5.41) is 3.41. The predicted octanol–water partition coefficient (Wildman–Crippen LogP) is 4.01. The van der Waals surface area contributed by atoms with Crippen molar-refractivity contribution in [2.45, 2.75) is 32.9 Å². The van der Waals surface area contributed by atoms with E-state index >= 15 is 0 Å². The van der Waals surface area contributed by atoms with Crippen molar-refractivity contribution in [2.24, 2.45) is 0 Å². The van der Waals surface area contributed by atoms with Crippen LogP contribution in [0.3, 0.4) is 0 Å². The van der Waals surface area contributed by atoms with Gasteiger partial charge >= 0.3 is 12.0 Å². The Bertz CT molecular complexity index is 1230. The lowest BCUT2D eigenvalue weighted by Crippen LogP contribution is -2.56. The zero-order chi connectivity index (χ0) is 26.7. The first-order valence-corrected chi connectivity index (χ1v) is 12.9. The van der Waals surface area contributed by atoms with Gasteiger partial charge in [0, 0.05) is 45.0 Å². The maximum atomic E-state index is 13.2. The van der Waals surface area contributed by atoms with E-state index in [0.29, 0.717) is 48.0 Å². The van der Waals surface area contributed by atoms with Crippen LogP contribution in [0.15, 0.2) is 59.8 Å². The minimum absolute atomic E-state index is 0.0842. The van der Waals surface area contributed by atoms with Gasteiger partial charge in [-0.2, -0.15) is 0 Å². The van der Waals surface area contributed by atoms with E-state index in [9.17, 15) is 14.4 Å². The van der Waals surface area contributed by atoms with Gasteiger partial charge < -0.3 is 15.0 Å². The number of amides is 3. The first kappa shape index (κ1) is 26.7. The number of benzene rings is 2. The van der Waals surface area contributed by atoms with Crippen LogP contribution >= 0.6 is 11.6 Å². The Labute approximate surface area is 222 Å². The normalized spacial score (nSPS) is 20.6. The molecule has 2 aromatic rings. The third-order valence-electron chi connectivity index (χ3n) is 7.02. The predicted molar refractivity (Wildman–Crippen MR) is 142 cm³/mol. The number of hydrogen-bond acceptors (Lipinski definition) is 5. The van der Waals surface area contributed by atoms with Crippen molar-refractivity contribution in [1.82, 2.24) is 20.0 Å². The zero-order valence-electron chi connectivity index (χ0n) is 21.7. The number of hydrogen-bond donors (Lipinski definition) is 1. The van der Waals surface area contributed by atoms with Gasteiger partial charge in [0.25, 0.3) is 5.91 Å². The molecule has 0 aromatic heterocycles. The average molecular weight is 525 g/mol. The fourth-order valence-corrected chi connectivity index (χ4v) is 5.24. The van der Waals surface area contributed by atoms with Crippen LogP contribution in [0.1, 0.15) is 41.4 Å². The Balaban J connectivity index is 1.62. The first-order valence-electron chi connectivity index (χ1n) is 12.5. The van der Waals surface area contributed by atoms with Gasteiger partial charge in [0.1, 0.15) is 0 Å². The number of urea groups is 1. The summed E-state index contributed by atoms with van der Waals surface area (Å²) >= 11 is 6.27. The standard InChI is InChI=1S/C28H33ClN4O4/c1-5-37-27(35)24-23(31(4)28(36)30-25(24)20-11-7-6-10-18(20)2)17-32-14-15-33(19(3)16-32)26(34)21-12-8-9-13-22(21)29/h6-13,19,25H,5,14-17H2,1-4H3,(H,30,36). The van der Waals surface area contributed by atoms with Crippen LogP contribution in [0.2, 0.25) is 5.02 Å². The average Bonchev–Trinajstić information content (AvgIpc) is 2.87. The van der Waals surface area contributed by atoms with Crippen LogP contribution < -0.4 is 5.32 Å². The van der Waals surface area contributed by atoms with Gasteiger partial charge in [0.2, 0.25) is 0 Å². The van der Waals surface area contributed by atoms with Crippen LogP contribution in [0.25, 0.3) is 0 Å². The molecule has 196 valence electrons. The first-order chi connectivity index (χ1) is 17.7. The number of rotatable bonds is 6. The number of nitrogens with zero attached hydrogens (tertiary/aromatic N) is 3. The molecule has 1 saturated heterocycles. The summed E-state index contributed by atoms with van der Waals surface area (Å²) in [5.74, 6) is -0.545. The third kappa shape index (κ3) is 5.50. The van der Waals surface area contributed by atoms with E-state index in [2.05, 4.69) is 10.2 Å². The van der Waals surface area contributed by atoms with Crippen LogP contribution in [0, 0.1) is 6.92 Å². The molecule has 2 aliphatic rings. The highest BCUT2D eigenvalue weighted by Crippen LogP contribution is 2.33. The third-order valence-corrected chi connectivity index (χ3v) is 7.35. The molecule has 1 fully saturated rings. The van der Waals surface area contributed by atoms with Crippen LogP contribution in [-0.4, -0.2) is 78.5 Å². The summed E-state index contributed by atoms with van der Waals surface area (Å²) in [7, 11) is 1.67. The lowest BCUT2D eigenvalue weighted by molar-refractivity contribution is -0.139. The Morgan fingerprint density at radius 2 is 1.81 bits per heavy atom. The minimum atomic E-state index is -0.612. The Kier molecular flexibility index (Phi) is 8.19. The highest BCUT2D eigenvalue weighted by molar-refractivity contribution is 6.33. The number of piperazine rings is 1. The molecule has 8 nitrogen and oxygen atoms in total. The summed E-state index contributed by atoms with van der Waals surface area (Å²) in [5.41, 5.74) is 3.35. The molecule has 0 aliphatic carbocycles. The smallest absolute Gasteiger partial charge is 0.338 e. The molecule has 9 heteroatoms. The van der Waals surface area contributed by atoms with Crippen molar-refractivity contribution in [2.75, 3.05) is 39.8 Å². The summed E-state index contributed by atoms with van der Waals surface area (Å²) in [6, 6.07) is 13.8. The highest BCUT2D eigenvalue weighted by atomic mass is 35.5. The Hall–Kier alpha value is -3.36. The lowest BCUT2D eigenvalue weighted by atomic mass is 9.91. The molecule has 0 saturated carbocycles. The number of halogens is 1. The van der Waals surface area contributed by atoms with Gasteiger partial charge in [0.15, 0.2) is 0 Å². The molecular formula is C28H33ClN4O4. The number of aryl methyl sites for hydroxylation is 1. The van der Waals surface area contributed by atoms with E-state index in [4.69, 9.17) is 16.3 Å². The molecule has 2 heterocycles. The molecule has 2 aliphatic heterocycles. The summed E-state index contributed by atoms with van der Waals surface area (Å²) in [6.45, 7) is 8.00. The Morgan fingerprint density at radius 3 is 2.49 bits per heavy atom. The van der Waals surface area contributed by atoms with Gasteiger partial charge in [-0.3, -0.25) is 14.6 Å².